The van der Waals surface area contributed by atoms with E-state index in [2.05, 4.69) is 15.5 Å². The van der Waals surface area contributed by atoms with Crippen LogP contribution in [0, 0.1) is 12.3 Å². The van der Waals surface area contributed by atoms with Gasteiger partial charge >= 0.3 is 6.03 Å². The van der Waals surface area contributed by atoms with Crippen molar-refractivity contribution in [3.05, 3.63) is 47.6 Å². The molecular weight excluding hydrogens is 348 g/mol. The zero-order valence-corrected chi connectivity index (χ0v) is 15.5. The average molecular weight is 374 g/mol. The van der Waals surface area contributed by atoms with Crippen LogP contribution in [0.3, 0.4) is 0 Å². The Balaban J connectivity index is 1.71. The zero-order chi connectivity index (χ0) is 19.3. The first-order valence-electron chi connectivity index (χ1n) is 9.16. The number of rotatable bonds is 7. The van der Waals surface area contributed by atoms with E-state index in [0.717, 1.165) is 5.56 Å². The minimum absolute atomic E-state index is 0.000820. The van der Waals surface area contributed by atoms with Crippen LogP contribution in [0.5, 0.6) is 0 Å². The molecule has 8 nitrogen and oxygen atoms in total. The number of aryl methyl sites for hydroxylation is 1. The van der Waals surface area contributed by atoms with Crippen molar-refractivity contribution in [2.45, 2.75) is 32.2 Å². The quantitative estimate of drug-likeness (QED) is 0.676. The Morgan fingerprint density at radius 2 is 2.15 bits per heavy atom. The van der Waals surface area contributed by atoms with E-state index in [-0.39, 0.29) is 25.3 Å². The highest BCUT2D eigenvalue weighted by Crippen LogP contribution is 2.33. The molecule has 1 aliphatic rings. The lowest BCUT2D eigenvalue weighted by molar-refractivity contribution is 0.0978. The fraction of sp³-hybridized carbons (Fsp3) is 0.526. The van der Waals surface area contributed by atoms with Crippen LogP contribution in [0.2, 0.25) is 0 Å². The summed E-state index contributed by atoms with van der Waals surface area (Å²) < 4.78 is 5.22. The van der Waals surface area contributed by atoms with E-state index in [4.69, 9.17) is 4.52 Å². The Morgan fingerprint density at radius 1 is 1.37 bits per heavy atom. The Morgan fingerprint density at radius 3 is 2.78 bits per heavy atom. The van der Waals surface area contributed by atoms with Crippen LogP contribution in [0.1, 0.15) is 36.2 Å². The molecule has 1 aromatic heterocycles. The number of aromatic nitrogens is 2. The zero-order valence-electron chi connectivity index (χ0n) is 15.5. The molecule has 2 heterocycles. The summed E-state index contributed by atoms with van der Waals surface area (Å²) in [4.78, 5) is 18.8. The molecule has 2 amide bonds. The Hall–Kier alpha value is -2.45. The van der Waals surface area contributed by atoms with Crippen LogP contribution in [0.4, 0.5) is 4.79 Å². The molecule has 0 spiro atoms. The molecule has 0 bridgehead atoms. The van der Waals surface area contributed by atoms with Crippen LogP contribution in [-0.4, -0.2) is 57.6 Å². The highest BCUT2D eigenvalue weighted by atomic mass is 16.5. The maximum atomic E-state index is 12.8. The van der Waals surface area contributed by atoms with Crippen molar-refractivity contribution in [3.63, 3.8) is 0 Å². The number of benzene rings is 1. The molecule has 1 aromatic carbocycles. The Labute approximate surface area is 158 Å². The van der Waals surface area contributed by atoms with Crippen LogP contribution in [0.15, 0.2) is 34.9 Å². The van der Waals surface area contributed by atoms with Gasteiger partial charge in [-0.05, 0) is 25.3 Å². The maximum absolute atomic E-state index is 12.8. The fourth-order valence-electron chi connectivity index (χ4n) is 3.53. The largest absolute Gasteiger partial charge is 0.396 e. The van der Waals surface area contributed by atoms with E-state index in [1.807, 2.05) is 30.3 Å². The predicted octanol–water partition coefficient (Wildman–Crippen LogP) is 1.44. The normalized spacial score (nSPS) is 20.6. The summed E-state index contributed by atoms with van der Waals surface area (Å²) in [5, 5.41) is 25.8. The molecule has 3 rings (SSSR count). The molecule has 146 valence electrons. The predicted molar refractivity (Wildman–Crippen MR) is 97.9 cm³/mol. The van der Waals surface area contributed by atoms with Crippen molar-refractivity contribution >= 4 is 6.03 Å². The summed E-state index contributed by atoms with van der Waals surface area (Å²) >= 11 is 0. The van der Waals surface area contributed by atoms with Crippen molar-refractivity contribution in [3.8, 4) is 0 Å². The number of carbonyl (C=O) groups is 1. The SMILES string of the molecule is Cc1noc(CC(NC(=O)N2CCC(CO)(CCO)C2)c2ccccc2)n1. The number of amides is 2. The van der Waals surface area contributed by atoms with Gasteiger partial charge in [-0.25, -0.2) is 4.79 Å². The van der Waals surface area contributed by atoms with Gasteiger partial charge in [-0.3, -0.25) is 0 Å². The summed E-state index contributed by atoms with van der Waals surface area (Å²) in [6.45, 7) is 2.69. The minimum Gasteiger partial charge on any atom is -0.396 e. The van der Waals surface area contributed by atoms with Crippen LogP contribution < -0.4 is 5.32 Å². The van der Waals surface area contributed by atoms with Gasteiger partial charge in [-0.1, -0.05) is 35.5 Å². The summed E-state index contributed by atoms with van der Waals surface area (Å²) in [7, 11) is 0. The first kappa shape index (κ1) is 19.3. The molecule has 8 heteroatoms. The van der Waals surface area contributed by atoms with Crippen molar-refractivity contribution in [2.24, 2.45) is 5.41 Å². The summed E-state index contributed by atoms with van der Waals surface area (Å²) in [6, 6.07) is 9.14. The molecule has 27 heavy (non-hydrogen) atoms. The maximum Gasteiger partial charge on any atom is 0.317 e. The van der Waals surface area contributed by atoms with Gasteiger partial charge in [0, 0.05) is 25.1 Å². The first-order valence-corrected chi connectivity index (χ1v) is 9.16. The summed E-state index contributed by atoms with van der Waals surface area (Å²) in [6.07, 6.45) is 1.55. The smallest absolute Gasteiger partial charge is 0.317 e. The van der Waals surface area contributed by atoms with Crippen LogP contribution >= 0.6 is 0 Å². The van der Waals surface area contributed by atoms with E-state index < -0.39 is 5.41 Å². The first-order chi connectivity index (χ1) is 13.0. The fourth-order valence-corrected chi connectivity index (χ4v) is 3.53. The molecule has 2 atom stereocenters. The highest BCUT2D eigenvalue weighted by molar-refractivity contribution is 5.75. The number of urea groups is 1. The lowest BCUT2D eigenvalue weighted by atomic mass is 9.85. The van der Waals surface area contributed by atoms with Crippen molar-refractivity contribution < 1.29 is 19.5 Å². The number of hydrogen-bond acceptors (Lipinski definition) is 6. The van der Waals surface area contributed by atoms with Gasteiger partial charge in [-0.2, -0.15) is 4.98 Å². The number of carbonyl (C=O) groups excluding carboxylic acids is 1. The summed E-state index contributed by atoms with van der Waals surface area (Å²) in [5.74, 6) is 1.02. The standard InChI is InChI=1S/C19H26N4O4/c1-14-20-17(27-22-14)11-16(15-5-3-2-4-6-15)21-18(26)23-9-7-19(12-23,13-25)8-10-24/h2-6,16,24-25H,7-13H2,1H3,(H,21,26). The van der Waals surface area contributed by atoms with E-state index in [1.165, 1.54) is 0 Å². The van der Waals surface area contributed by atoms with Crippen molar-refractivity contribution in [1.29, 1.82) is 0 Å². The molecular formula is C19H26N4O4. The number of hydrogen-bond donors (Lipinski definition) is 3. The van der Waals surface area contributed by atoms with E-state index in [1.54, 1.807) is 11.8 Å². The van der Waals surface area contributed by atoms with E-state index in [9.17, 15) is 15.0 Å². The molecule has 1 saturated heterocycles. The molecule has 0 radical (unpaired) electrons. The molecule has 0 saturated carbocycles. The lowest BCUT2D eigenvalue weighted by Gasteiger charge is -2.27. The van der Waals surface area contributed by atoms with Crippen molar-refractivity contribution in [2.75, 3.05) is 26.3 Å². The molecule has 1 fully saturated rings. The van der Waals surface area contributed by atoms with Gasteiger partial charge in [0.2, 0.25) is 5.89 Å². The van der Waals surface area contributed by atoms with E-state index in [0.29, 0.717) is 44.1 Å². The molecule has 3 N–H and O–H groups in total. The highest BCUT2D eigenvalue weighted by Gasteiger charge is 2.39. The van der Waals surface area contributed by atoms with Gasteiger partial charge in [0.1, 0.15) is 0 Å². The minimum atomic E-state index is -0.419. The average Bonchev–Trinajstić information content (AvgIpc) is 3.29. The van der Waals surface area contributed by atoms with Crippen LogP contribution in [0.25, 0.3) is 0 Å². The molecule has 2 unspecified atom stereocenters. The topological polar surface area (TPSA) is 112 Å². The molecule has 1 aliphatic heterocycles. The second kappa shape index (κ2) is 8.49. The van der Waals surface area contributed by atoms with Gasteiger partial charge < -0.3 is 25.0 Å². The van der Waals surface area contributed by atoms with Gasteiger partial charge in [0.25, 0.3) is 0 Å². The molecule has 2 aromatic rings. The number of aliphatic hydroxyl groups is 2. The van der Waals surface area contributed by atoms with Gasteiger partial charge in [-0.15, -0.1) is 0 Å². The monoisotopic (exact) mass is 374 g/mol. The van der Waals surface area contributed by atoms with Gasteiger partial charge in [0.05, 0.1) is 19.1 Å². The number of nitrogens with zero attached hydrogens (tertiary/aromatic N) is 3. The second-order valence-electron chi connectivity index (χ2n) is 7.16. The second-order valence-corrected chi connectivity index (χ2v) is 7.16. The molecule has 0 aliphatic carbocycles. The lowest BCUT2D eigenvalue weighted by Crippen LogP contribution is -2.42. The third-order valence-corrected chi connectivity index (χ3v) is 5.15. The Bertz CT molecular complexity index is 751. The van der Waals surface area contributed by atoms with E-state index >= 15 is 0 Å². The van der Waals surface area contributed by atoms with Crippen molar-refractivity contribution in [1.82, 2.24) is 20.4 Å². The third-order valence-electron chi connectivity index (χ3n) is 5.15. The number of likely N-dealkylation sites (tertiary alicyclic amines) is 1. The number of aliphatic hydroxyl groups excluding tert-OH is 2. The van der Waals surface area contributed by atoms with Crippen LogP contribution in [-0.2, 0) is 6.42 Å². The third kappa shape index (κ3) is 4.64. The van der Waals surface area contributed by atoms with Gasteiger partial charge in [0.15, 0.2) is 5.82 Å². The summed E-state index contributed by atoms with van der Waals surface area (Å²) in [5.41, 5.74) is 0.530. The number of nitrogens with one attached hydrogen (secondary N) is 1. The Kier molecular flexibility index (Phi) is 6.08.